The van der Waals surface area contributed by atoms with Crippen molar-refractivity contribution in [2.45, 2.75) is 19.3 Å². The minimum absolute atomic E-state index is 0.297. The van der Waals surface area contributed by atoms with Crippen LogP contribution in [0.25, 0.3) is 0 Å². The third-order valence-electron chi connectivity index (χ3n) is 4.94. The number of urea groups is 1. The van der Waals surface area contributed by atoms with Crippen LogP contribution in [-0.4, -0.2) is 57.3 Å². The number of carbonyl (C=O) groups excluding carboxylic acids is 3. The third kappa shape index (κ3) is 4.33. The number of barbiturate groups is 1. The Kier molecular flexibility index (Phi) is 6.18. The second-order valence-electron chi connectivity index (χ2n) is 6.73. The first-order chi connectivity index (χ1) is 13.1. The van der Waals surface area contributed by atoms with Crippen molar-refractivity contribution in [3.05, 3.63) is 24.3 Å². The highest BCUT2D eigenvalue weighted by Gasteiger charge is 2.41. The van der Waals surface area contributed by atoms with Gasteiger partial charge in [0.05, 0.1) is 39.0 Å². The lowest BCUT2D eigenvalue weighted by molar-refractivity contribution is -0.903. The molecule has 0 radical (unpaired) electrons. The van der Waals surface area contributed by atoms with Gasteiger partial charge in [-0.1, -0.05) is 12.1 Å². The number of hydrogen-bond donors (Lipinski definition) is 2. The molecule has 144 valence electrons. The Bertz CT molecular complexity index is 743. The summed E-state index contributed by atoms with van der Waals surface area (Å²) < 4.78 is 5.23. The number of rotatable bonds is 6. The van der Waals surface area contributed by atoms with E-state index in [4.69, 9.17) is 4.74 Å². The molecule has 8 nitrogen and oxygen atoms in total. The number of quaternary nitrogens is 1. The average Bonchev–Trinajstić information content (AvgIpc) is 2.68. The summed E-state index contributed by atoms with van der Waals surface area (Å²) in [5, 5.41) is 2.23. The highest BCUT2D eigenvalue weighted by atomic mass is 16.5. The van der Waals surface area contributed by atoms with E-state index in [-0.39, 0.29) is 0 Å². The summed E-state index contributed by atoms with van der Waals surface area (Å²) in [6.45, 7) is 3.73. The van der Waals surface area contributed by atoms with Gasteiger partial charge in [0.25, 0.3) is 5.91 Å². The quantitative estimate of drug-likeness (QED) is 0.544. The second-order valence-corrected chi connectivity index (χ2v) is 6.73. The first-order valence-electron chi connectivity index (χ1n) is 9.27. The van der Waals surface area contributed by atoms with Crippen LogP contribution in [0.2, 0.25) is 0 Å². The number of anilines is 1. The lowest BCUT2D eigenvalue weighted by atomic mass is 10.1. The number of aliphatic imine (C=N–C) groups is 1. The van der Waals surface area contributed by atoms with Crippen LogP contribution >= 0.6 is 0 Å². The van der Waals surface area contributed by atoms with Gasteiger partial charge in [-0.15, -0.1) is 0 Å². The lowest BCUT2D eigenvalue weighted by Gasteiger charge is -2.29. The SMILES string of the molecule is COc1ccccc1N1C(=O)NC(=O)[C@H](C=NCC[NH+]2CCCCC2)C1=O. The number of ether oxygens (including phenoxy) is 1. The van der Waals surface area contributed by atoms with Crippen molar-refractivity contribution in [1.29, 1.82) is 0 Å². The molecule has 2 saturated heterocycles. The zero-order valence-electron chi connectivity index (χ0n) is 15.4. The Morgan fingerprint density at radius 2 is 1.96 bits per heavy atom. The Balaban J connectivity index is 1.69. The smallest absolute Gasteiger partial charge is 0.335 e. The van der Waals surface area contributed by atoms with E-state index < -0.39 is 23.8 Å². The lowest BCUT2D eigenvalue weighted by Crippen LogP contribution is -3.13. The molecule has 8 heteroatoms. The van der Waals surface area contributed by atoms with Crippen LogP contribution in [0.4, 0.5) is 10.5 Å². The molecule has 2 heterocycles. The van der Waals surface area contributed by atoms with E-state index in [2.05, 4.69) is 10.3 Å². The summed E-state index contributed by atoms with van der Waals surface area (Å²) in [7, 11) is 1.46. The summed E-state index contributed by atoms with van der Waals surface area (Å²) in [6.07, 6.45) is 5.11. The summed E-state index contributed by atoms with van der Waals surface area (Å²) in [4.78, 5) is 43.9. The van der Waals surface area contributed by atoms with Gasteiger partial charge in [-0.3, -0.25) is 19.9 Å². The van der Waals surface area contributed by atoms with E-state index in [1.807, 2.05) is 0 Å². The highest BCUT2D eigenvalue weighted by Crippen LogP contribution is 2.30. The molecule has 0 saturated carbocycles. The predicted octanol–water partition coefficient (Wildman–Crippen LogP) is 0.0338. The number of amides is 4. The van der Waals surface area contributed by atoms with Crippen molar-refractivity contribution >= 4 is 29.7 Å². The Morgan fingerprint density at radius 3 is 2.70 bits per heavy atom. The highest BCUT2D eigenvalue weighted by molar-refractivity contribution is 6.32. The number of nitrogens with one attached hydrogen (secondary N) is 2. The van der Waals surface area contributed by atoms with Crippen molar-refractivity contribution in [2.24, 2.45) is 10.9 Å². The van der Waals surface area contributed by atoms with Crippen LogP contribution in [0.15, 0.2) is 29.3 Å². The second kappa shape index (κ2) is 8.77. The maximum Gasteiger partial charge on any atom is 0.335 e. The molecular formula is C19H25N4O4+. The molecule has 27 heavy (non-hydrogen) atoms. The number of benzene rings is 1. The van der Waals surface area contributed by atoms with Crippen molar-refractivity contribution in [3.63, 3.8) is 0 Å². The molecule has 2 N–H and O–H groups in total. The fourth-order valence-corrected chi connectivity index (χ4v) is 3.47. The first-order valence-corrected chi connectivity index (χ1v) is 9.27. The van der Waals surface area contributed by atoms with Crippen molar-refractivity contribution in [1.82, 2.24) is 5.32 Å². The Hall–Kier alpha value is -2.74. The first kappa shape index (κ1) is 19.0. The molecule has 3 rings (SSSR count). The number of carbonyl (C=O) groups is 3. The molecule has 4 amide bonds. The van der Waals surface area contributed by atoms with E-state index in [9.17, 15) is 14.4 Å². The van der Waals surface area contributed by atoms with E-state index in [0.717, 1.165) is 24.5 Å². The van der Waals surface area contributed by atoms with Crippen LogP contribution in [0.5, 0.6) is 5.75 Å². The fourth-order valence-electron chi connectivity index (χ4n) is 3.47. The van der Waals surface area contributed by atoms with Gasteiger partial charge in [-0.2, -0.15) is 0 Å². The van der Waals surface area contributed by atoms with Gasteiger partial charge in [-0.05, 0) is 31.4 Å². The van der Waals surface area contributed by atoms with Gasteiger partial charge in [0.1, 0.15) is 5.75 Å². The maximum absolute atomic E-state index is 12.8. The molecule has 2 aliphatic heterocycles. The minimum Gasteiger partial charge on any atom is -0.495 e. The van der Waals surface area contributed by atoms with Gasteiger partial charge >= 0.3 is 6.03 Å². The van der Waals surface area contributed by atoms with E-state index in [1.54, 1.807) is 24.3 Å². The number of piperidine rings is 1. The van der Waals surface area contributed by atoms with Gasteiger partial charge in [-0.25, -0.2) is 9.69 Å². The summed E-state index contributed by atoms with van der Waals surface area (Å²) >= 11 is 0. The van der Waals surface area contributed by atoms with Crippen LogP contribution in [0.3, 0.4) is 0 Å². The number of methoxy groups -OCH3 is 1. The van der Waals surface area contributed by atoms with E-state index in [1.165, 1.54) is 37.5 Å². The van der Waals surface area contributed by atoms with E-state index in [0.29, 0.717) is 18.0 Å². The van der Waals surface area contributed by atoms with Gasteiger partial charge < -0.3 is 9.64 Å². The summed E-state index contributed by atoms with van der Waals surface area (Å²) in [6, 6.07) is 5.90. The van der Waals surface area contributed by atoms with Crippen molar-refractivity contribution < 1.29 is 24.0 Å². The predicted molar refractivity (Wildman–Crippen MR) is 100 cm³/mol. The zero-order chi connectivity index (χ0) is 19.2. The number of nitrogens with zero attached hydrogens (tertiary/aromatic N) is 2. The Morgan fingerprint density at radius 1 is 1.22 bits per heavy atom. The largest absolute Gasteiger partial charge is 0.495 e. The number of hydrogen-bond acceptors (Lipinski definition) is 5. The molecule has 0 spiro atoms. The molecule has 1 atom stereocenters. The molecule has 1 aromatic carbocycles. The summed E-state index contributed by atoms with van der Waals surface area (Å²) in [5.74, 6) is -2.02. The monoisotopic (exact) mass is 373 g/mol. The van der Waals surface area contributed by atoms with Gasteiger partial charge in [0, 0.05) is 6.21 Å². The molecule has 2 aliphatic rings. The zero-order valence-corrected chi connectivity index (χ0v) is 15.4. The van der Waals surface area contributed by atoms with Crippen molar-refractivity contribution in [3.8, 4) is 5.75 Å². The molecule has 0 unspecified atom stereocenters. The van der Waals surface area contributed by atoms with Crippen LogP contribution in [-0.2, 0) is 9.59 Å². The van der Waals surface area contributed by atoms with E-state index >= 15 is 0 Å². The van der Waals surface area contributed by atoms with Crippen LogP contribution in [0, 0.1) is 5.92 Å². The molecule has 0 aliphatic carbocycles. The molecule has 2 fully saturated rings. The van der Waals surface area contributed by atoms with Gasteiger partial charge in [0.2, 0.25) is 5.91 Å². The molecular weight excluding hydrogens is 348 g/mol. The topological polar surface area (TPSA) is 92.5 Å². The fraction of sp³-hybridized carbons (Fsp3) is 0.474. The standard InChI is InChI=1S/C19H24N4O4/c1-27-16-8-4-3-7-15(16)23-18(25)14(17(24)21-19(23)26)13-20-9-12-22-10-5-2-6-11-22/h3-4,7-8,13-14H,2,5-6,9-12H2,1H3,(H,21,24,26)/p+1/t14-/m0/s1. The number of para-hydroxylation sites is 2. The number of likely N-dealkylation sites (tertiary alicyclic amines) is 1. The van der Waals surface area contributed by atoms with Crippen LogP contribution in [0.1, 0.15) is 19.3 Å². The summed E-state index contributed by atoms with van der Waals surface area (Å²) in [5.41, 5.74) is 0.297. The normalized spacial score (nSPS) is 21.6. The third-order valence-corrected chi connectivity index (χ3v) is 4.94. The molecule has 1 aromatic rings. The van der Waals surface area contributed by atoms with Crippen LogP contribution < -0.4 is 19.9 Å². The maximum atomic E-state index is 12.8. The minimum atomic E-state index is -1.12. The molecule has 0 aromatic heterocycles. The van der Waals surface area contributed by atoms with Gasteiger partial charge in [0.15, 0.2) is 5.92 Å². The number of imide groups is 2. The van der Waals surface area contributed by atoms with Crippen molar-refractivity contribution in [2.75, 3.05) is 38.2 Å². The average molecular weight is 373 g/mol. The Labute approximate surface area is 158 Å². The molecule has 0 bridgehead atoms.